The van der Waals surface area contributed by atoms with Gasteiger partial charge < -0.3 is 14.8 Å². The quantitative estimate of drug-likeness (QED) is 0.792. The lowest BCUT2D eigenvalue weighted by atomic mass is 10.2. The second-order valence-electron chi connectivity index (χ2n) is 4.29. The van der Waals surface area contributed by atoms with Crippen molar-refractivity contribution in [3.05, 3.63) is 59.1 Å². The van der Waals surface area contributed by atoms with Gasteiger partial charge in [0.2, 0.25) is 0 Å². The number of methoxy groups -OCH3 is 1. The highest BCUT2D eigenvalue weighted by atomic mass is 35.5. The number of halogens is 1. The van der Waals surface area contributed by atoms with E-state index >= 15 is 0 Å². The Morgan fingerprint density at radius 2 is 1.90 bits per heavy atom. The van der Waals surface area contributed by atoms with Crippen LogP contribution >= 0.6 is 11.6 Å². The Morgan fingerprint density at radius 1 is 1.10 bits per heavy atom. The summed E-state index contributed by atoms with van der Waals surface area (Å²) in [5, 5.41) is 4.02. The molecule has 106 valence electrons. The zero-order chi connectivity index (χ0) is 14.2. The van der Waals surface area contributed by atoms with Crippen LogP contribution in [0, 0.1) is 0 Å². The summed E-state index contributed by atoms with van der Waals surface area (Å²) in [6.07, 6.45) is 0. The van der Waals surface area contributed by atoms with Crippen molar-refractivity contribution in [3.8, 4) is 11.5 Å². The Labute approximate surface area is 124 Å². The first-order chi connectivity index (χ1) is 9.79. The molecule has 0 bridgehead atoms. The molecule has 2 rings (SSSR count). The van der Waals surface area contributed by atoms with Crippen LogP contribution in [-0.2, 0) is 6.54 Å². The maximum absolute atomic E-state index is 5.99. The summed E-state index contributed by atoms with van der Waals surface area (Å²) < 4.78 is 10.9. The minimum atomic E-state index is 0.618. The van der Waals surface area contributed by atoms with E-state index < -0.39 is 0 Å². The Bertz CT molecular complexity index is 531. The molecule has 1 N–H and O–H groups in total. The second kappa shape index (κ2) is 7.78. The fourth-order valence-corrected chi connectivity index (χ4v) is 2.06. The van der Waals surface area contributed by atoms with Crippen LogP contribution in [0.15, 0.2) is 48.5 Å². The molecule has 2 aromatic carbocycles. The van der Waals surface area contributed by atoms with Crippen LogP contribution in [0.4, 0.5) is 0 Å². The van der Waals surface area contributed by atoms with Crippen molar-refractivity contribution in [3.63, 3.8) is 0 Å². The standard InChI is InChI=1S/C16H18ClNO2/c1-19-16-8-7-14(17)11-13(16)12-18-9-10-20-15-5-3-2-4-6-15/h2-8,11,18H,9-10,12H2,1H3. The van der Waals surface area contributed by atoms with Gasteiger partial charge in [0.25, 0.3) is 0 Å². The Kier molecular flexibility index (Phi) is 5.71. The van der Waals surface area contributed by atoms with Crippen LogP contribution in [0.1, 0.15) is 5.56 Å². The highest BCUT2D eigenvalue weighted by molar-refractivity contribution is 6.30. The molecule has 3 nitrogen and oxygen atoms in total. The first-order valence-electron chi connectivity index (χ1n) is 6.50. The third kappa shape index (κ3) is 4.44. The highest BCUT2D eigenvalue weighted by Gasteiger charge is 2.03. The number of hydrogen-bond acceptors (Lipinski definition) is 3. The van der Waals surface area contributed by atoms with Crippen molar-refractivity contribution in [2.45, 2.75) is 6.54 Å². The molecule has 0 radical (unpaired) electrons. The van der Waals surface area contributed by atoms with Crippen molar-refractivity contribution in [2.24, 2.45) is 0 Å². The molecule has 0 atom stereocenters. The molecule has 20 heavy (non-hydrogen) atoms. The first-order valence-corrected chi connectivity index (χ1v) is 6.88. The van der Waals surface area contributed by atoms with Crippen molar-refractivity contribution in [1.29, 1.82) is 0 Å². The average molecular weight is 292 g/mol. The summed E-state index contributed by atoms with van der Waals surface area (Å²) in [5.74, 6) is 1.72. The number of nitrogens with one attached hydrogen (secondary N) is 1. The van der Waals surface area contributed by atoms with Gasteiger partial charge in [0.05, 0.1) is 7.11 Å². The lowest BCUT2D eigenvalue weighted by Crippen LogP contribution is -2.20. The van der Waals surface area contributed by atoms with Gasteiger partial charge >= 0.3 is 0 Å². The molecular weight excluding hydrogens is 274 g/mol. The van der Waals surface area contributed by atoms with Crippen LogP contribution in [-0.4, -0.2) is 20.3 Å². The van der Waals surface area contributed by atoms with Crippen molar-refractivity contribution in [2.75, 3.05) is 20.3 Å². The number of hydrogen-bond donors (Lipinski definition) is 1. The predicted octanol–water partition coefficient (Wildman–Crippen LogP) is 3.52. The predicted molar refractivity (Wildman–Crippen MR) is 81.6 cm³/mol. The van der Waals surface area contributed by atoms with Crippen molar-refractivity contribution in [1.82, 2.24) is 5.32 Å². The third-order valence-corrected chi connectivity index (χ3v) is 3.08. The molecule has 0 aliphatic rings. The van der Waals surface area contributed by atoms with Gasteiger partial charge in [-0.2, -0.15) is 0 Å². The number of rotatable bonds is 7. The molecule has 0 heterocycles. The summed E-state index contributed by atoms with van der Waals surface area (Å²) in [4.78, 5) is 0. The molecule has 0 fully saturated rings. The maximum atomic E-state index is 5.99. The Morgan fingerprint density at radius 3 is 2.65 bits per heavy atom. The molecule has 0 unspecified atom stereocenters. The van der Waals surface area contributed by atoms with E-state index in [1.807, 2.05) is 48.5 Å². The minimum absolute atomic E-state index is 0.618. The smallest absolute Gasteiger partial charge is 0.123 e. The molecule has 0 spiro atoms. The fraction of sp³-hybridized carbons (Fsp3) is 0.250. The van der Waals surface area contributed by atoms with E-state index in [9.17, 15) is 0 Å². The summed E-state index contributed by atoms with van der Waals surface area (Å²) in [7, 11) is 1.66. The number of benzene rings is 2. The average Bonchev–Trinajstić information content (AvgIpc) is 2.48. The molecule has 0 aromatic heterocycles. The first kappa shape index (κ1) is 14.7. The molecule has 0 amide bonds. The zero-order valence-corrected chi connectivity index (χ0v) is 12.2. The van der Waals surface area contributed by atoms with E-state index in [2.05, 4.69) is 5.32 Å². The van der Waals surface area contributed by atoms with Crippen LogP contribution < -0.4 is 14.8 Å². The van der Waals surface area contributed by atoms with E-state index in [1.165, 1.54) is 0 Å². The molecule has 0 saturated carbocycles. The molecule has 4 heteroatoms. The monoisotopic (exact) mass is 291 g/mol. The van der Waals surface area contributed by atoms with E-state index in [0.29, 0.717) is 18.2 Å². The van der Waals surface area contributed by atoms with Gasteiger partial charge in [-0.1, -0.05) is 29.8 Å². The van der Waals surface area contributed by atoms with Crippen LogP contribution in [0.25, 0.3) is 0 Å². The van der Waals surface area contributed by atoms with E-state index in [-0.39, 0.29) is 0 Å². The zero-order valence-electron chi connectivity index (χ0n) is 11.4. The van der Waals surface area contributed by atoms with Crippen molar-refractivity contribution >= 4 is 11.6 Å². The van der Waals surface area contributed by atoms with Gasteiger partial charge in [0, 0.05) is 23.7 Å². The summed E-state index contributed by atoms with van der Waals surface area (Å²) in [6, 6.07) is 15.4. The summed E-state index contributed by atoms with van der Waals surface area (Å²) in [5.41, 5.74) is 1.04. The van der Waals surface area contributed by atoms with Gasteiger partial charge in [-0.15, -0.1) is 0 Å². The van der Waals surface area contributed by atoms with Gasteiger partial charge in [-0.05, 0) is 30.3 Å². The molecule has 0 saturated heterocycles. The van der Waals surface area contributed by atoms with Crippen LogP contribution in [0.3, 0.4) is 0 Å². The molecule has 2 aromatic rings. The Hall–Kier alpha value is -1.71. The van der Waals surface area contributed by atoms with Gasteiger partial charge in [0.1, 0.15) is 18.1 Å². The lowest BCUT2D eigenvalue weighted by Gasteiger charge is -2.11. The maximum Gasteiger partial charge on any atom is 0.123 e. The van der Waals surface area contributed by atoms with Gasteiger partial charge in [-0.3, -0.25) is 0 Å². The topological polar surface area (TPSA) is 30.5 Å². The molecular formula is C16H18ClNO2. The SMILES string of the molecule is COc1ccc(Cl)cc1CNCCOc1ccccc1. The largest absolute Gasteiger partial charge is 0.496 e. The summed E-state index contributed by atoms with van der Waals surface area (Å²) >= 11 is 5.99. The summed E-state index contributed by atoms with van der Waals surface area (Å²) in [6.45, 7) is 2.07. The minimum Gasteiger partial charge on any atom is -0.496 e. The van der Waals surface area contributed by atoms with E-state index in [0.717, 1.165) is 23.6 Å². The van der Waals surface area contributed by atoms with E-state index in [4.69, 9.17) is 21.1 Å². The lowest BCUT2D eigenvalue weighted by molar-refractivity contribution is 0.313. The Balaban J connectivity index is 1.75. The third-order valence-electron chi connectivity index (χ3n) is 2.85. The molecule has 0 aliphatic carbocycles. The molecule has 0 aliphatic heterocycles. The number of para-hydroxylation sites is 1. The highest BCUT2D eigenvalue weighted by Crippen LogP contribution is 2.22. The van der Waals surface area contributed by atoms with Gasteiger partial charge in [-0.25, -0.2) is 0 Å². The van der Waals surface area contributed by atoms with Crippen molar-refractivity contribution < 1.29 is 9.47 Å². The normalized spacial score (nSPS) is 10.3. The van der Waals surface area contributed by atoms with E-state index in [1.54, 1.807) is 7.11 Å². The van der Waals surface area contributed by atoms with Crippen LogP contribution in [0.2, 0.25) is 5.02 Å². The number of ether oxygens (including phenoxy) is 2. The second-order valence-corrected chi connectivity index (χ2v) is 4.73. The fourth-order valence-electron chi connectivity index (χ4n) is 1.87. The van der Waals surface area contributed by atoms with Crippen LogP contribution in [0.5, 0.6) is 11.5 Å². The van der Waals surface area contributed by atoms with Gasteiger partial charge in [0.15, 0.2) is 0 Å².